The highest BCUT2D eigenvalue weighted by atomic mass is 28.4. The van der Waals surface area contributed by atoms with Crippen LogP contribution < -0.4 is 5.32 Å². The summed E-state index contributed by atoms with van der Waals surface area (Å²) in [6.07, 6.45) is -0.576. The molecule has 1 fully saturated rings. The van der Waals surface area contributed by atoms with Crippen LogP contribution in [0.3, 0.4) is 0 Å². The molecule has 2 amide bonds. The Hall–Kier alpha value is -3.34. The zero-order chi connectivity index (χ0) is 26.9. The lowest BCUT2D eigenvalue weighted by Crippen LogP contribution is -2.64. The first-order valence-corrected chi connectivity index (χ1v) is 14.5. The molecule has 1 N–H and O–H groups in total. The summed E-state index contributed by atoms with van der Waals surface area (Å²) in [5.74, 6) is -2.37. The predicted octanol–water partition coefficient (Wildman–Crippen LogP) is 3.67. The third-order valence-corrected chi connectivity index (χ3v) is 11.5. The summed E-state index contributed by atoms with van der Waals surface area (Å²) in [5.41, 5.74) is 18.3. The minimum Gasteiger partial charge on any atom is -0.413 e. The van der Waals surface area contributed by atoms with Gasteiger partial charge in [0.15, 0.2) is 8.32 Å². The highest BCUT2D eigenvalue weighted by Crippen LogP contribution is 2.30. The van der Waals surface area contributed by atoms with Gasteiger partial charge in [-0.25, -0.2) is 5.06 Å². The molecule has 13 heteroatoms. The van der Waals surface area contributed by atoms with Crippen molar-refractivity contribution in [1.82, 2.24) is 10.4 Å². The van der Waals surface area contributed by atoms with E-state index in [1.165, 1.54) is 7.05 Å². The van der Waals surface area contributed by atoms with Crippen LogP contribution in [0.1, 0.15) is 39.7 Å². The Morgan fingerprint density at radius 1 is 1.17 bits per heavy atom. The molecular weight excluding hydrogens is 482 g/mol. The van der Waals surface area contributed by atoms with Crippen molar-refractivity contribution < 1.29 is 28.4 Å². The zero-order valence-corrected chi connectivity index (χ0v) is 22.3. The number of nitrogens with one attached hydrogen (secondary N) is 1. The van der Waals surface area contributed by atoms with Crippen molar-refractivity contribution in [3.05, 3.63) is 45.8 Å². The zero-order valence-electron chi connectivity index (χ0n) is 21.3. The molecule has 1 unspecified atom stereocenters. The lowest BCUT2D eigenvalue weighted by atomic mass is 9.82. The Bertz CT molecular complexity index is 1050. The number of hydrogen-bond donors (Lipinski definition) is 1. The SMILES string of the molecule is CC[Si](CC)(CC)OC(C)[C@H]1C(=O)N[C@@H]1CC(=O)C(=[N+]=[N-])C(=O)N(C)OCc1ccc(N=[N+]=[N-])cc1. The monoisotopic (exact) mass is 515 g/mol. The van der Waals surface area contributed by atoms with E-state index in [1.54, 1.807) is 24.3 Å². The molecule has 2 rings (SSSR count). The molecule has 1 heterocycles. The normalized spacial score (nSPS) is 17.6. The van der Waals surface area contributed by atoms with Crippen LogP contribution in [0.2, 0.25) is 18.1 Å². The number of carbonyl (C=O) groups is 3. The van der Waals surface area contributed by atoms with Gasteiger partial charge in [-0.1, -0.05) is 50.2 Å². The number of carbonyl (C=O) groups excluding carboxylic acids is 3. The largest absolute Gasteiger partial charge is 0.424 e. The molecule has 0 bridgehead atoms. The third kappa shape index (κ3) is 6.87. The molecular formula is C23H33N7O5Si. The standard InChI is InChI=1S/C23H33N7O5Si/c1-6-36(7-2,8-3)35-15(4)20-18(26-22(20)32)13-19(31)21(27-24)23(33)30(5)34-14-16-9-11-17(12-10-16)28-29-25/h9-12,15,18,20H,6-8,13-14H2,1-5H3,(H,26,32)/t15?,18-,20-/m1/s1. The number of ketones is 1. The Kier molecular flexibility index (Phi) is 10.5. The number of hydroxylamine groups is 2. The van der Waals surface area contributed by atoms with E-state index in [1.807, 2.05) is 6.92 Å². The fourth-order valence-electron chi connectivity index (χ4n) is 4.25. The van der Waals surface area contributed by atoms with E-state index < -0.39 is 37.7 Å². The van der Waals surface area contributed by atoms with Gasteiger partial charge in [-0.05, 0) is 36.2 Å². The first-order chi connectivity index (χ1) is 17.1. The smallest absolute Gasteiger partial charge is 0.413 e. The number of β-lactam (4-membered cyclic amide) rings is 1. The number of hydrogen-bond acceptors (Lipinski definition) is 6. The third-order valence-electron chi connectivity index (χ3n) is 6.72. The summed E-state index contributed by atoms with van der Waals surface area (Å²) in [5, 5.41) is 6.98. The van der Waals surface area contributed by atoms with Gasteiger partial charge in [0.1, 0.15) is 6.61 Å². The van der Waals surface area contributed by atoms with Gasteiger partial charge in [0.2, 0.25) is 5.91 Å². The molecule has 0 radical (unpaired) electrons. The maximum absolute atomic E-state index is 12.8. The Morgan fingerprint density at radius 3 is 2.28 bits per heavy atom. The average Bonchev–Trinajstić information content (AvgIpc) is 2.86. The second kappa shape index (κ2) is 13.1. The molecule has 3 atom stereocenters. The van der Waals surface area contributed by atoms with Crippen molar-refractivity contribution in [3.63, 3.8) is 0 Å². The van der Waals surface area contributed by atoms with Gasteiger partial charge < -0.3 is 15.3 Å². The first kappa shape index (κ1) is 28.9. The highest BCUT2D eigenvalue weighted by Gasteiger charge is 2.48. The van der Waals surface area contributed by atoms with Gasteiger partial charge in [0.25, 0.3) is 5.78 Å². The second-order valence-corrected chi connectivity index (χ2v) is 13.4. The van der Waals surface area contributed by atoms with Crippen LogP contribution in [0.15, 0.2) is 29.4 Å². The number of amides is 2. The Labute approximate surface area is 211 Å². The van der Waals surface area contributed by atoms with Crippen molar-refractivity contribution >= 4 is 37.3 Å². The average molecular weight is 516 g/mol. The Morgan fingerprint density at radius 2 is 1.78 bits per heavy atom. The van der Waals surface area contributed by atoms with Crippen molar-refractivity contribution in [2.75, 3.05) is 7.05 Å². The fraction of sp³-hybridized carbons (Fsp3) is 0.565. The second-order valence-electron chi connectivity index (χ2n) is 8.72. The minimum atomic E-state index is -1.96. The molecule has 1 aliphatic rings. The molecule has 194 valence electrons. The topological polar surface area (TPSA) is 170 Å². The van der Waals surface area contributed by atoms with E-state index in [-0.39, 0.29) is 25.0 Å². The van der Waals surface area contributed by atoms with Crippen LogP contribution in [0, 0.1) is 5.92 Å². The number of Topliss-reactive ketones (excluding diaryl/α,β-unsaturated/α-hetero) is 1. The van der Waals surface area contributed by atoms with Crippen LogP contribution in [-0.4, -0.2) is 60.7 Å². The minimum absolute atomic E-state index is 0.0147. The molecule has 1 aromatic carbocycles. The van der Waals surface area contributed by atoms with Crippen molar-refractivity contribution in [2.24, 2.45) is 11.0 Å². The van der Waals surface area contributed by atoms with Crippen LogP contribution in [-0.2, 0) is 30.3 Å². The van der Waals surface area contributed by atoms with Gasteiger partial charge >= 0.3 is 11.6 Å². The van der Waals surface area contributed by atoms with E-state index in [4.69, 9.17) is 14.8 Å². The van der Waals surface area contributed by atoms with Gasteiger partial charge in [-0.2, -0.15) is 4.79 Å². The number of azide groups is 1. The van der Waals surface area contributed by atoms with E-state index in [0.717, 1.165) is 23.2 Å². The summed E-state index contributed by atoms with van der Waals surface area (Å²) in [4.78, 5) is 48.8. The molecule has 0 aliphatic carbocycles. The number of nitrogens with zero attached hydrogens (tertiary/aromatic N) is 6. The fourth-order valence-corrected chi connectivity index (χ4v) is 7.18. The predicted molar refractivity (Wildman–Crippen MR) is 134 cm³/mol. The Balaban J connectivity index is 1.98. The lowest BCUT2D eigenvalue weighted by Gasteiger charge is -2.43. The van der Waals surface area contributed by atoms with E-state index >= 15 is 0 Å². The van der Waals surface area contributed by atoms with Gasteiger partial charge in [-0.3, -0.25) is 19.2 Å². The van der Waals surface area contributed by atoms with Gasteiger partial charge in [0, 0.05) is 24.1 Å². The van der Waals surface area contributed by atoms with Crippen molar-refractivity contribution in [3.8, 4) is 0 Å². The van der Waals surface area contributed by atoms with Crippen molar-refractivity contribution in [2.45, 2.75) is 71.0 Å². The number of benzene rings is 1. The molecule has 36 heavy (non-hydrogen) atoms. The lowest BCUT2D eigenvalue weighted by molar-refractivity contribution is -0.178. The molecule has 1 aromatic rings. The molecule has 1 aliphatic heterocycles. The van der Waals surface area contributed by atoms with E-state index in [2.05, 4.69) is 40.9 Å². The summed E-state index contributed by atoms with van der Waals surface area (Å²) in [6, 6.07) is 8.77. The van der Waals surface area contributed by atoms with E-state index in [9.17, 15) is 19.9 Å². The van der Waals surface area contributed by atoms with Gasteiger partial charge in [0.05, 0.1) is 18.1 Å². The van der Waals surface area contributed by atoms with Crippen molar-refractivity contribution in [1.29, 1.82) is 0 Å². The maximum Gasteiger partial charge on any atom is 0.424 e. The highest BCUT2D eigenvalue weighted by molar-refractivity contribution is 6.73. The summed E-state index contributed by atoms with van der Waals surface area (Å²) >= 11 is 0. The van der Waals surface area contributed by atoms with Crippen LogP contribution in [0.4, 0.5) is 5.69 Å². The molecule has 0 spiro atoms. The summed E-state index contributed by atoms with van der Waals surface area (Å²) in [7, 11) is -0.663. The van der Waals surface area contributed by atoms with E-state index in [0.29, 0.717) is 11.3 Å². The quantitative estimate of drug-likeness (QED) is 0.0581. The van der Waals surface area contributed by atoms with Crippen LogP contribution in [0.5, 0.6) is 0 Å². The van der Waals surface area contributed by atoms with Crippen LogP contribution >= 0.6 is 0 Å². The summed E-state index contributed by atoms with van der Waals surface area (Å²) < 4.78 is 6.41. The molecule has 0 saturated carbocycles. The van der Waals surface area contributed by atoms with Crippen LogP contribution in [0.25, 0.3) is 16.0 Å². The first-order valence-electron chi connectivity index (χ1n) is 11.9. The molecule has 0 aromatic heterocycles. The maximum atomic E-state index is 12.8. The molecule has 1 saturated heterocycles. The van der Waals surface area contributed by atoms with Gasteiger partial charge in [-0.15, -0.1) is 0 Å². The molecule has 12 nitrogen and oxygen atoms in total. The number of rotatable bonds is 14. The summed E-state index contributed by atoms with van der Waals surface area (Å²) in [6.45, 7) is 8.12.